The molecule has 0 aromatic rings. The molecule has 0 unspecified atom stereocenters. The molecule has 0 saturated heterocycles. The molecule has 0 heterocycles. The molecule has 0 aliphatic carbocycles. The van der Waals surface area contributed by atoms with Crippen molar-refractivity contribution in [3.8, 4) is 0 Å². The summed E-state index contributed by atoms with van der Waals surface area (Å²) in [6.45, 7) is 0. The molecule has 0 aliphatic heterocycles. The van der Waals surface area contributed by atoms with Gasteiger partial charge in [-0.1, -0.05) is 0 Å². The zero-order valence-corrected chi connectivity index (χ0v) is 8.49. The molecule has 0 bridgehead atoms. The summed E-state index contributed by atoms with van der Waals surface area (Å²) in [6, 6.07) is 0. The predicted octanol–water partition coefficient (Wildman–Crippen LogP) is -0.720. The van der Waals surface area contributed by atoms with Crippen molar-refractivity contribution in [2.75, 3.05) is 0 Å². The van der Waals surface area contributed by atoms with Gasteiger partial charge in [-0.25, -0.2) is 0 Å². The molecule has 0 amide bonds. The number of hydrogen-bond donors (Lipinski definition) is 0. The molecular weight excluding hydrogens is 351 g/mol. The minimum absolute atomic E-state index is 0. The van der Waals surface area contributed by atoms with E-state index in [0.29, 0.717) is 0 Å². The zero-order chi connectivity index (χ0) is 0. The fourth-order valence-electron chi connectivity index (χ4n) is 0. The molecule has 0 N–H and O–H groups in total. The van der Waals surface area contributed by atoms with Gasteiger partial charge in [0.25, 0.3) is 0 Å². The van der Waals surface area contributed by atoms with Crippen LogP contribution in [0.1, 0.15) is 0 Å². The maximum Gasteiger partial charge on any atom is 1.00 e. The molecule has 0 aromatic carbocycles. The molecule has 6 nitrogen and oxygen atoms in total. The second-order valence-electron chi connectivity index (χ2n) is 0. The van der Waals surface area contributed by atoms with Crippen LogP contribution in [0.15, 0.2) is 0 Å². The third-order valence-corrected chi connectivity index (χ3v) is 0. The van der Waals surface area contributed by atoms with E-state index in [1.54, 1.807) is 0 Å². The van der Waals surface area contributed by atoms with Crippen molar-refractivity contribution in [2.24, 2.45) is 0 Å². The molecule has 0 spiro atoms. The van der Waals surface area contributed by atoms with E-state index >= 15 is 0 Å². The van der Waals surface area contributed by atoms with Gasteiger partial charge in [0, 0.05) is 39.6 Å². The molecule has 0 atom stereocenters. The van der Waals surface area contributed by atoms with Crippen LogP contribution in [0, 0.1) is 0 Å². The van der Waals surface area contributed by atoms with E-state index in [9.17, 15) is 0 Å². The van der Waals surface area contributed by atoms with Gasteiger partial charge in [-0.05, 0) is 0 Å². The van der Waals surface area contributed by atoms with Crippen LogP contribution in [-0.2, 0) is 94.9 Å². The fourth-order valence-corrected chi connectivity index (χ4v) is 0. The summed E-state index contributed by atoms with van der Waals surface area (Å²) in [7, 11) is 0. The Kier molecular flexibility index (Phi) is 8700. The summed E-state index contributed by atoms with van der Waals surface area (Å²) >= 11 is 0. The smallest absolute Gasteiger partial charge is 1.00 e. The Morgan fingerprint density at radius 3 is 0.444 bits per heavy atom. The average Bonchev–Trinajstić information content (AvgIpc) is 0. The quantitative estimate of drug-likeness (QED) is 0.502. The molecule has 9 heavy (non-hydrogen) atoms. The molecule has 9 heteroatoms. The Morgan fingerprint density at radius 1 is 0.444 bits per heavy atom. The van der Waals surface area contributed by atoms with Gasteiger partial charge >= 0.3 is 22.4 Å². The first-order valence-corrected chi connectivity index (χ1v) is 0. The van der Waals surface area contributed by atoms with Gasteiger partial charge in [0.05, 0.1) is 0 Å². The van der Waals surface area contributed by atoms with Crippen LogP contribution >= 0.6 is 0 Å². The zero-order valence-electron chi connectivity index (χ0n) is 3.61. The minimum Gasteiger partial charge on any atom is -2.00 e. The summed E-state index contributed by atoms with van der Waals surface area (Å²) in [4.78, 5) is 0. The standard InChI is InChI=1S/Ag.Mo.6O.V/q+1;;6*-2;. The second kappa shape index (κ2) is 239. The van der Waals surface area contributed by atoms with Gasteiger partial charge in [-0.2, -0.15) is 0 Å². The fraction of sp³-hybridized carbons (Fsp3) is 0. The van der Waals surface area contributed by atoms with Crippen molar-refractivity contribution in [3.05, 3.63) is 0 Å². The maximum absolute atomic E-state index is 0. The van der Waals surface area contributed by atoms with Crippen molar-refractivity contribution in [1.82, 2.24) is 0 Å². The number of rotatable bonds is 0. The van der Waals surface area contributed by atoms with Crippen LogP contribution < -0.4 is 0 Å². The summed E-state index contributed by atoms with van der Waals surface area (Å²) in [5.74, 6) is 0. The van der Waals surface area contributed by atoms with Gasteiger partial charge in [0.2, 0.25) is 0 Å². The molecular formula is AgMoO6V-11. The van der Waals surface area contributed by atoms with Crippen LogP contribution in [0.5, 0.6) is 0 Å². The van der Waals surface area contributed by atoms with Crippen molar-refractivity contribution >= 4 is 0 Å². The molecule has 0 rings (SSSR count). The van der Waals surface area contributed by atoms with Gasteiger partial charge in [0.1, 0.15) is 0 Å². The van der Waals surface area contributed by atoms with E-state index in [0.717, 1.165) is 0 Å². The molecule has 0 saturated carbocycles. The first-order valence-electron chi connectivity index (χ1n) is 0. The maximum atomic E-state index is 0. The summed E-state index contributed by atoms with van der Waals surface area (Å²) in [6.07, 6.45) is 0. The Balaban J connectivity index is 0. The van der Waals surface area contributed by atoms with E-state index in [-0.39, 0.29) is 94.9 Å². The van der Waals surface area contributed by atoms with E-state index in [1.807, 2.05) is 0 Å². The van der Waals surface area contributed by atoms with Crippen LogP contribution in [0.25, 0.3) is 0 Å². The van der Waals surface area contributed by atoms with Crippen molar-refractivity contribution < 1.29 is 94.9 Å². The Morgan fingerprint density at radius 2 is 0.444 bits per heavy atom. The van der Waals surface area contributed by atoms with E-state index in [4.69, 9.17) is 0 Å². The second-order valence-corrected chi connectivity index (χ2v) is 0. The first-order chi connectivity index (χ1) is 0. The van der Waals surface area contributed by atoms with Gasteiger partial charge in [0.15, 0.2) is 0 Å². The molecule has 0 aromatic heterocycles. The summed E-state index contributed by atoms with van der Waals surface area (Å²) in [5.41, 5.74) is 0. The average molecular weight is 351 g/mol. The van der Waals surface area contributed by atoms with E-state index in [2.05, 4.69) is 0 Å². The largest absolute Gasteiger partial charge is 2.00 e. The first kappa shape index (κ1) is 327. The minimum atomic E-state index is 0. The molecule has 69 valence electrons. The third kappa shape index (κ3) is 188. The van der Waals surface area contributed by atoms with Gasteiger partial charge in [-0.15, -0.1) is 0 Å². The van der Waals surface area contributed by atoms with Crippen molar-refractivity contribution in [3.63, 3.8) is 0 Å². The molecule has 0 aliphatic rings. The van der Waals surface area contributed by atoms with Crippen LogP contribution in [0.2, 0.25) is 0 Å². The molecule has 1 radical (unpaired) electrons. The van der Waals surface area contributed by atoms with Crippen LogP contribution in [-0.4, -0.2) is 0 Å². The number of hydrogen-bond acceptors (Lipinski definition) is 0. The van der Waals surface area contributed by atoms with Crippen molar-refractivity contribution in [1.29, 1.82) is 0 Å². The van der Waals surface area contributed by atoms with Gasteiger partial charge < -0.3 is 32.9 Å². The third-order valence-electron chi connectivity index (χ3n) is 0. The Bertz CT molecular complexity index is 13.0. The summed E-state index contributed by atoms with van der Waals surface area (Å²) < 4.78 is 0. The topological polar surface area (TPSA) is 171 Å². The normalized spacial score (nSPS) is 0. The monoisotopic (exact) mass is 352 g/mol. The van der Waals surface area contributed by atoms with Crippen LogP contribution in [0.4, 0.5) is 0 Å². The van der Waals surface area contributed by atoms with E-state index < -0.39 is 0 Å². The predicted molar refractivity (Wildman–Crippen MR) is 4.12 cm³/mol. The summed E-state index contributed by atoms with van der Waals surface area (Å²) in [5, 5.41) is 0. The van der Waals surface area contributed by atoms with Crippen molar-refractivity contribution in [2.45, 2.75) is 0 Å². The van der Waals surface area contributed by atoms with Gasteiger partial charge in [-0.3, -0.25) is 0 Å². The van der Waals surface area contributed by atoms with E-state index in [1.165, 1.54) is 0 Å². The molecule has 0 fully saturated rings. The Hall–Kier alpha value is 1.77. The van der Waals surface area contributed by atoms with Crippen LogP contribution in [0.3, 0.4) is 0 Å². The SMILES string of the molecule is [Ag+].[Mo].[O-2].[O-2].[O-2].[O-2].[O-2].[O-2].[V]. The Labute approximate surface area is 94.3 Å².